The van der Waals surface area contributed by atoms with Crippen LogP contribution in [0.1, 0.15) is 16.7 Å². The van der Waals surface area contributed by atoms with Crippen LogP contribution in [0.3, 0.4) is 0 Å². The first-order valence-electron chi connectivity index (χ1n) is 7.94. The number of urea groups is 1. The zero-order valence-electron chi connectivity index (χ0n) is 14.4. The average molecular weight is 328 g/mol. The maximum Gasteiger partial charge on any atom is 0.315 e. The Kier molecular flexibility index (Phi) is 6.49. The molecule has 2 rings (SSSR count). The van der Waals surface area contributed by atoms with E-state index in [0.717, 1.165) is 22.6 Å². The van der Waals surface area contributed by atoms with Crippen LogP contribution in [0.4, 0.5) is 4.79 Å². The predicted molar refractivity (Wildman–Crippen MR) is 94.6 cm³/mol. The summed E-state index contributed by atoms with van der Waals surface area (Å²) in [5.41, 5.74) is 3.23. The van der Waals surface area contributed by atoms with Gasteiger partial charge in [-0.1, -0.05) is 35.9 Å². The highest BCUT2D eigenvalue weighted by Gasteiger charge is 2.05. The van der Waals surface area contributed by atoms with Gasteiger partial charge >= 0.3 is 6.03 Å². The molecule has 0 unspecified atom stereocenters. The van der Waals surface area contributed by atoms with Gasteiger partial charge in [-0.2, -0.15) is 0 Å². The summed E-state index contributed by atoms with van der Waals surface area (Å²) in [7, 11) is 1.61. The minimum atomic E-state index is -0.231. The number of carbonyl (C=O) groups is 1. The number of amides is 2. The molecule has 0 radical (unpaired) electrons. The molecule has 0 spiro atoms. The number of para-hydroxylation sites is 1. The zero-order valence-corrected chi connectivity index (χ0v) is 14.4. The Labute approximate surface area is 143 Å². The molecular formula is C19H24N2O3. The van der Waals surface area contributed by atoms with Crippen molar-refractivity contribution in [1.82, 2.24) is 10.6 Å². The van der Waals surface area contributed by atoms with Crippen LogP contribution < -0.4 is 20.1 Å². The van der Waals surface area contributed by atoms with Crippen molar-refractivity contribution in [2.24, 2.45) is 0 Å². The molecule has 0 aliphatic heterocycles. The molecule has 2 aromatic carbocycles. The van der Waals surface area contributed by atoms with Gasteiger partial charge in [0, 0.05) is 12.1 Å². The van der Waals surface area contributed by atoms with E-state index in [1.165, 1.54) is 5.56 Å². The van der Waals surface area contributed by atoms with E-state index in [4.69, 9.17) is 9.47 Å². The Morgan fingerprint density at radius 2 is 1.83 bits per heavy atom. The first kappa shape index (κ1) is 17.7. The fourth-order valence-corrected chi connectivity index (χ4v) is 2.37. The van der Waals surface area contributed by atoms with Crippen LogP contribution in [-0.2, 0) is 6.54 Å². The molecule has 128 valence electrons. The standard InChI is InChI=1S/C19H24N2O3/c1-14-8-9-17(15(2)12-14)24-11-10-20-19(22)21-13-16-6-4-5-7-18(16)23-3/h4-9,12H,10-11,13H2,1-3H3,(H2,20,21,22). The summed E-state index contributed by atoms with van der Waals surface area (Å²) < 4.78 is 10.9. The lowest BCUT2D eigenvalue weighted by atomic mass is 10.1. The highest BCUT2D eigenvalue weighted by atomic mass is 16.5. The SMILES string of the molecule is COc1ccccc1CNC(=O)NCCOc1ccc(C)cc1C. The number of nitrogens with one attached hydrogen (secondary N) is 2. The van der Waals surface area contributed by atoms with E-state index < -0.39 is 0 Å². The Balaban J connectivity index is 1.70. The van der Waals surface area contributed by atoms with E-state index in [2.05, 4.69) is 16.7 Å². The minimum Gasteiger partial charge on any atom is -0.496 e. The lowest BCUT2D eigenvalue weighted by Crippen LogP contribution is -2.37. The third kappa shape index (κ3) is 5.19. The highest BCUT2D eigenvalue weighted by molar-refractivity contribution is 5.73. The summed E-state index contributed by atoms with van der Waals surface area (Å²) in [5, 5.41) is 5.58. The molecule has 2 aromatic rings. The van der Waals surface area contributed by atoms with Crippen LogP contribution in [0, 0.1) is 13.8 Å². The van der Waals surface area contributed by atoms with E-state index in [1.807, 2.05) is 50.2 Å². The molecule has 0 heterocycles. The Hall–Kier alpha value is -2.69. The monoisotopic (exact) mass is 328 g/mol. The molecule has 0 atom stereocenters. The van der Waals surface area contributed by atoms with Gasteiger partial charge in [-0.3, -0.25) is 0 Å². The molecular weight excluding hydrogens is 304 g/mol. The number of aryl methyl sites for hydroxylation is 2. The number of methoxy groups -OCH3 is 1. The minimum absolute atomic E-state index is 0.231. The molecule has 2 amide bonds. The van der Waals surface area contributed by atoms with Crippen LogP contribution in [0.2, 0.25) is 0 Å². The maximum absolute atomic E-state index is 11.8. The molecule has 0 aliphatic carbocycles. The molecule has 5 nitrogen and oxygen atoms in total. The number of ether oxygens (including phenoxy) is 2. The molecule has 0 aliphatic rings. The number of carbonyl (C=O) groups excluding carboxylic acids is 1. The third-order valence-corrected chi connectivity index (χ3v) is 3.61. The van der Waals surface area contributed by atoms with Crippen LogP contribution in [0.15, 0.2) is 42.5 Å². The first-order chi connectivity index (χ1) is 11.6. The summed E-state index contributed by atoms with van der Waals surface area (Å²) in [5.74, 6) is 1.60. The van der Waals surface area contributed by atoms with Crippen LogP contribution in [0.5, 0.6) is 11.5 Å². The van der Waals surface area contributed by atoms with Gasteiger partial charge in [-0.15, -0.1) is 0 Å². The summed E-state index contributed by atoms with van der Waals surface area (Å²) >= 11 is 0. The van der Waals surface area contributed by atoms with E-state index in [9.17, 15) is 4.79 Å². The topological polar surface area (TPSA) is 59.6 Å². The predicted octanol–water partition coefficient (Wildman–Crippen LogP) is 3.19. The second kappa shape index (κ2) is 8.82. The third-order valence-electron chi connectivity index (χ3n) is 3.61. The number of hydrogen-bond acceptors (Lipinski definition) is 3. The second-order valence-corrected chi connectivity index (χ2v) is 5.54. The van der Waals surface area contributed by atoms with E-state index in [1.54, 1.807) is 7.11 Å². The van der Waals surface area contributed by atoms with Crippen LogP contribution >= 0.6 is 0 Å². The first-order valence-corrected chi connectivity index (χ1v) is 7.94. The van der Waals surface area contributed by atoms with Crippen molar-refractivity contribution in [2.45, 2.75) is 20.4 Å². The molecule has 5 heteroatoms. The van der Waals surface area contributed by atoms with Gasteiger partial charge in [0.1, 0.15) is 18.1 Å². The summed E-state index contributed by atoms with van der Waals surface area (Å²) in [6.45, 7) is 5.32. The van der Waals surface area contributed by atoms with Crippen molar-refractivity contribution in [2.75, 3.05) is 20.3 Å². The Morgan fingerprint density at radius 1 is 1.04 bits per heavy atom. The second-order valence-electron chi connectivity index (χ2n) is 5.54. The smallest absolute Gasteiger partial charge is 0.315 e. The van der Waals surface area contributed by atoms with Crippen molar-refractivity contribution in [1.29, 1.82) is 0 Å². The largest absolute Gasteiger partial charge is 0.496 e. The van der Waals surface area contributed by atoms with Crippen molar-refractivity contribution in [3.8, 4) is 11.5 Å². The molecule has 0 saturated heterocycles. The van der Waals surface area contributed by atoms with E-state index in [-0.39, 0.29) is 6.03 Å². The zero-order chi connectivity index (χ0) is 17.4. The molecule has 2 N–H and O–H groups in total. The molecule has 0 saturated carbocycles. The fraction of sp³-hybridized carbons (Fsp3) is 0.316. The van der Waals surface area contributed by atoms with Gasteiger partial charge in [0.05, 0.1) is 13.7 Å². The summed E-state index contributed by atoms with van der Waals surface area (Å²) in [6.07, 6.45) is 0. The van der Waals surface area contributed by atoms with Gasteiger partial charge in [0.2, 0.25) is 0 Å². The fourth-order valence-electron chi connectivity index (χ4n) is 2.37. The quantitative estimate of drug-likeness (QED) is 0.768. The van der Waals surface area contributed by atoms with Crippen molar-refractivity contribution >= 4 is 6.03 Å². The van der Waals surface area contributed by atoms with E-state index in [0.29, 0.717) is 19.7 Å². The van der Waals surface area contributed by atoms with Crippen LogP contribution in [0.25, 0.3) is 0 Å². The van der Waals surface area contributed by atoms with Gasteiger partial charge in [-0.25, -0.2) is 4.79 Å². The van der Waals surface area contributed by atoms with Crippen molar-refractivity contribution < 1.29 is 14.3 Å². The van der Waals surface area contributed by atoms with Gasteiger partial charge < -0.3 is 20.1 Å². The number of hydrogen-bond donors (Lipinski definition) is 2. The number of benzene rings is 2. The lowest BCUT2D eigenvalue weighted by molar-refractivity contribution is 0.236. The van der Waals surface area contributed by atoms with Gasteiger partial charge in [0.15, 0.2) is 0 Å². The molecule has 0 fully saturated rings. The highest BCUT2D eigenvalue weighted by Crippen LogP contribution is 2.18. The molecule has 24 heavy (non-hydrogen) atoms. The summed E-state index contributed by atoms with van der Waals surface area (Å²) in [4.78, 5) is 11.8. The van der Waals surface area contributed by atoms with E-state index >= 15 is 0 Å². The lowest BCUT2D eigenvalue weighted by Gasteiger charge is -2.12. The van der Waals surface area contributed by atoms with Crippen LogP contribution in [-0.4, -0.2) is 26.3 Å². The molecule has 0 bridgehead atoms. The Morgan fingerprint density at radius 3 is 2.58 bits per heavy atom. The average Bonchev–Trinajstić information content (AvgIpc) is 2.58. The summed E-state index contributed by atoms with van der Waals surface area (Å²) in [6, 6.07) is 13.4. The van der Waals surface area contributed by atoms with Crippen molar-refractivity contribution in [3.05, 3.63) is 59.2 Å². The number of rotatable bonds is 7. The Bertz CT molecular complexity index is 686. The van der Waals surface area contributed by atoms with Crippen molar-refractivity contribution in [3.63, 3.8) is 0 Å². The van der Waals surface area contributed by atoms with Gasteiger partial charge in [0.25, 0.3) is 0 Å². The molecule has 0 aromatic heterocycles. The maximum atomic E-state index is 11.8. The van der Waals surface area contributed by atoms with Gasteiger partial charge in [-0.05, 0) is 31.5 Å². The normalized spacial score (nSPS) is 10.1.